The molecule has 32 heavy (non-hydrogen) atoms. The first-order chi connectivity index (χ1) is 15.2. The van der Waals surface area contributed by atoms with Gasteiger partial charge in [0.05, 0.1) is 24.3 Å². The van der Waals surface area contributed by atoms with Gasteiger partial charge in [-0.2, -0.15) is 4.31 Å². The summed E-state index contributed by atoms with van der Waals surface area (Å²) in [5.41, 5.74) is 1.44. The van der Waals surface area contributed by atoms with Crippen molar-refractivity contribution in [2.45, 2.75) is 17.7 Å². The van der Waals surface area contributed by atoms with Crippen molar-refractivity contribution < 1.29 is 23.1 Å². The number of nitrogens with zero attached hydrogens (tertiary/aromatic N) is 2. The maximum atomic E-state index is 13.6. The largest absolute Gasteiger partial charge is 0.478 e. The van der Waals surface area contributed by atoms with E-state index >= 15 is 0 Å². The number of morpholine rings is 1. The Hall–Kier alpha value is -2.23. The van der Waals surface area contributed by atoms with Crippen LogP contribution in [-0.2, 0) is 14.8 Å². The summed E-state index contributed by atoms with van der Waals surface area (Å²) in [6, 6.07) is 9.60. The lowest BCUT2D eigenvalue weighted by Crippen LogP contribution is -2.41. The molecule has 7 nitrogen and oxygen atoms in total. The Balaban J connectivity index is 2.00. The molecular formula is C22H20Cl2N2O5S. The number of aromatic nitrogens is 1. The molecule has 3 aromatic rings. The summed E-state index contributed by atoms with van der Waals surface area (Å²) in [7, 11) is -3.92. The molecule has 4 rings (SSSR count). The zero-order valence-corrected chi connectivity index (χ0v) is 19.4. The standard InChI is InChI=1S/C22H20Cl2N2O5S/c1-13(16-4-2-14(23)10-17(16)22(27)28)21-18-11-15(24)3-5-19(18)25-12-20(21)32(29,30)26-6-8-31-9-7-26/h2-5,10-13H,6-9H2,1H3,(H,27,28). The molecule has 1 aliphatic heterocycles. The molecular weight excluding hydrogens is 475 g/mol. The van der Waals surface area contributed by atoms with Crippen LogP contribution in [0.3, 0.4) is 0 Å². The number of carboxylic acids is 1. The van der Waals surface area contributed by atoms with E-state index in [-0.39, 0.29) is 28.6 Å². The van der Waals surface area contributed by atoms with E-state index in [0.717, 1.165) is 0 Å². The van der Waals surface area contributed by atoms with E-state index in [4.69, 9.17) is 27.9 Å². The van der Waals surface area contributed by atoms with Crippen molar-refractivity contribution in [2.75, 3.05) is 26.3 Å². The SMILES string of the molecule is CC(c1ccc(Cl)cc1C(=O)O)c1c(S(=O)(=O)N2CCOCC2)cnc2ccc(Cl)cc12. The van der Waals surface area contributed by atoms with Crippen LogP contribution in [0.1, 0.15) is 34.3 Å². The van der Waals surface area contributed by atoms with Crippen molar-refractivity contribution in [2.24, 2.45) is 0 Å². The van der Waals surface area contributed by atoms with Crippen LogP contribution in [0.2, 0.25) is 10.0 Å². The predicted octanol–water partition coefficient (Wildman–Crippen LogP) is 4.41. The summed E-state index contributed by atoms with van der Waals surface area (Å²) >= 11 is 12.3. The topological polar surface area (TPSA) is 96.8 Å². The van der Waals surface area contributed by atoms with Crippen molar-refractivity contribution in [1.29, 1.82) is 0 Å². The van der Waals surface area contributed by atoms with Crippen molar-refractivity contribution in [3.63, 3.8) is 0 Å². The first-order valence-electron chi connectivity index (χ1n) is 9.89. The lowest BCUT2D eigenvalue weighted by atomic mass is 9.88. The van der Waals surface area contributed by atoms with Crippen LogP contribution in [0.25, 0.3) is 10.9 Å². The Bertz CT molecular complexity index is 1310. The van der Waals surface area contributed by atoms with Crippen LogP contribution in [0.15, 0.2) is 47.5 Å². The third-order valence-corrected chi connectivity index (χ3v) is 7.96. The Morgan fingerprint density at radius 1 is 1.12 bits per heavy atom. The number of ether oxygens (including phenoxy) is 1. The molecule has 1 unspecified atom stereocenters. The molecule has 1 aliphatic rings. The molecule has 2 heterocycles. The van der Waals surface area contributed by atoms with Gasteiger partial charge < -0.3 is 9.84 Å². The van der Waals surface area contributed by atoms with Crippen molar-refractivity contribution in [1.82, 2.24) is 9.29 Å². The Kier molecular flexibility index (Phi) is 6.42. The molecule has 0 aliphatic carbocycles. The van der Waals surface area contributed by atoms with Gasteiger partial charge >= 0.3 is 5.97 Å². The smallest absolute Gasteiger partial charge is 0.336 e. The number of sulfonamides is 1. The van der Waals surface area contributed by atoms with E-state index in [2.05, 4.69) is 4.98 Å². The normalized spacial score (nSPS) is 16.2. The van der Waals surface area contributed by atoms with Gasteiger partial charge in [0.2, 0.25) is 10.0 Å². The average molecular weight is 495 g/mol. The molecule has 0 amide bonds. The number of hydrogen-bond donors (Lipinski definition) is 1. The molecule has 1 saturated heterocycles. The zero-order valence-electron chi connectivity index (χ0n) is 17.1. The minimum atomic E-state index is -3.92. The highest BCUT2D eigenvalue weighted by Gasteiger charge is 2.32. The molecule has 2 aromatic carbocycles. The summed E-state index contributed by atoms with van der Waals surface area (Å²) in [4.78, 5) is 16.3. The van der Waals surface area contributed by atoms with Gasteiger partial charge in [0.25, 0.3) is 0 Å². The van der Waals surface area contributed by atoms with Gasteiger partial charge in [0.15, 0.2) is 0 Å². The summed E-state index contributed by atoms with van der Waals surface area (Å²) in [6.07, 6.45) is 1.34. The number of hydrogen-bond acceptors (Lipinski definition) is 5. The highest BCUT2D eigenvalue weighted by molar-refractivity contribution is 7.89. The van der Waals surface area contributed by atoms with E-state index < -0.39 is 21.9 Å². The number of carboxylic acid groups (broad SMARTS) is 1. The minimum Gasteiger partial charge on any atom is -0.478 e. The van der Waals surface area contributed by atoms with Crippen molar-refractivity contribution in [3.8, 4) is 0 Å². The third kappa shape index (κ3) is 4.21. The second-order valence-electron chi connectivity index (χ2n) is 7.47. The number of aromatic carboxylic acids is 1. The quantitative estimate of drug-likeness (QED) is 0.563. The molecule has 1 aromatic heterocycles. The van der Waals surface area contributed by atoms with E-state index in [1.807, 2.05) is 0 Å². The number of rotatable bonds is 5. The van der Waals surface area contributed by atoms with Crippen LogP contribution < -0.4 is 0 Å². The van der Waals surface area contributed by atoms with Gasteiger partial charge in [-0.05, 0) is 41.5 Å². The molecule has 168 valence electrons. The van der Waals surface area contributed by atoms with Crippen LogP contribution in [0.5, 0.6) is 0 Å². The van der Waals surface area contributed by atoms with Crippen LogP contribution in [0, 0.1) is 0 Å². The third-order valence-electron chi connectivity index (χ3n) is 5.57. The molecule has 0 radical (unpaired) electrons. The highest BCUT2D eigenvalue weighted by atomic mass is 35.5. The summed E-state index contributed by atoms with van der Waals surface area (Å²) in [6.45, 7) is 2.83. The minimum absolute atomic E-state index is 0.00621. The van der Waals surface area contributed by atoms with E-state index in [1.165, 1.54) is 16.6 Å². The summed E-state index contributed by atoms with van der Waals surface area (Å²) in [5.74, 6) is -1.75. The lowest BCUT2D eigenvalue weighted by Gasteiger charge is -2.28. The van der Waals surface area contributed by atoms with Gasteiger partial charge in [-0.3, -0.25) is 4.98 Å². The van der Waals surface area contributed by atoms with E-state index in [1.54, 1.807) is 37.3 Å². The van der Waals surface area contributed by atoms with E-state index in [0.29, 0.717) is 40.3 Å². The second kappa shape index (κ2) is 8.96. The lowest BCUT2D eigenvalue weighted by molar-refractivity contribution is 0.0695. The Labute approximate surface area is 195 Å². The second-order valence-corrected chi connectivity index (χ2v) is 10.3. The fraction of sp³-hybridized carbons (Fsp3) is 0.273. The molecule has 1 atom stereocenters. The van der Waals surface area contributed by atoms with Crippen LogP contribution in [0.4, 0.5) is 0 Å². The van der Waals surface area contributed by atoms with E-state index in [9.17, 15) is 18.3 Å². The monoisotopic (exact) mass is 494 g/mol. The molecule has 0 spiro atoms. The average Bonchev–Trinajstić information content (AvgIpc) is 2.78. The van der Waals surface area contributed by atoms with Gasteiger partial charge in [-0.25, -0.2) is 13.2 Å². The molecule has 0 saturated carbocycles. The van der Waals surface area contributed by atoms with Gasteiger partial charge in [-0.1, -0.05) is 36.2 Å². The maximum absolute atomic E-state index is 13.6. The van der Waals surface area contributed by atoms with Crippen molar-refractivity contribution in [3.05, 3.63) is 69.3 Å². The fourth-order valence-corrected chi connectivity index (χ4v) is 5.99. The number of benzene rings is 2. The van der Waals surface area contributed by atoms with Gasteiger partial charge in [0.1, 0.15) is 4.90 Å². The molecule has 10 heteroatoms. The van der Waals surface area contributed by atoms with Gasteiger partial charge in [0, 0.05) is 40.6 Å². The molecule has 1 N–H and O–H groups in total. The predicted molar refractivity (Wildman–Crippen MR) is 122 cm³/mol. The van der Waals surface area contributed by atoms with Crippen molar-refractivity contribution >= 4 is 50.1 Å². The molecule has 1 fully saturated rings. The highest BCUT2D eigenvalue weighted by Crippen LogP contribution is 2.38. The zero-order chi connectivity index (χ0) is 23.0. The molecule has 0 bridgehead atoms. The summed E-state index contributed by atoms with van der Waals surface area (Å²) in [5, 5.41) is 11.0. The number of fused-ring (bicyclic) bond motifs is 1. The fourth-order valence-electron chi connectivity index (χ4n) is 3.99. The number of carbonyl (C=O) groups is 1. The number of pyridine rings is 1. The van der Waals surface area contributed by atoms with Crippen LogP contribution in [-0.4, -0.2) is 55.1 Å². The summed E-state index contributed by atoms with van der Waals surface area (Å²) < 4.78 is 33.9. The van der Waals surface area contributed by atoms with Gasteiger partial charge in [-0.15, -0.1) is 0 Å². The Morgan fingerprint density at radius 3 is 2.47 bits per heavy atom. The van der Waals surface area contributed by atoms with Crippen LogP contribution >= 0.6 is 23.2 Å². The maximum Gasteiger partial charge on any atom is 0.336 e. The Morgan fingerprint density at radius 2 is 1.78 bits per heavy atom. The first kappa shape index (κ1) is 22.9. The first-order valence-corrected chi connectivity index (χ1v) is 12.1. The number of halogens is 2.